The van der Waals surface area contributed by atoms with Crippen molar-refractivity contribution < 1.29 is 0 Å². The Bertz CT molecular complexity index is 472. The fourth-order valence-corrected chi connectivity index (χ4v) is 1.29. The molecule has 0 atom stereocenters. The molecule has 0 aliphatic carbocycles. The van der Waals surface area contributed by atoms with E-state index in [-0.39, 0.29) is 0 Å². The first-order valence-corrected chi connectivity index (χ1v) is 5.27. The van der Waals surface area contributed by atoms with E-state index in [9.17, 15) is 0 Å². The predicted octanol–water partition coefficient (Wildman–Crippen LogP) is 0.535. The Hall–Kier alpha value is -1.85. The van der Waals surface area contributed by atoms with Crippen LogP contribution in [0.15, 0.2) is 41.9 Å². The Balaban J connectivity index is 2.09. The summed E-state index contributed by atoms with van der Waals surface area (Å²) in [6.45, 7) is 0. The van der Waals surface area contributed by atoms with Gasteiger partial charge in [-0.05, 0) is 0 Å². The second-order valence-corrected chi connectivity index (χ2v) is 3.47. The van der Waals surface area contributed by atoms with Gasteiger partial charge in [0.1, 0.15) is 0 Å². The molecule has 16 heavy (non-hydrogen) atoms. The second kappa shape index (κ2) is 5.29. The first kappa shape index (κ1) is 10.7. The standard InChI is InChI=1S/C9H7N6Se/c16-9(14-7-10-3-1-4-11-7)15-8-12-5-2-6-13-8/h1-6H,(H,10,11,12,13,14,15). The van der Waals surface area contributed by atoms with Gasteiger partial charge in [-0.2, -0.15) is 0 Å². The number of aromatic nitrogens is 4. The summed E-state index contributed by atoms with van der Waals surface area (Å²) in [6, 6.07) is 3.47. The van der Waals surface area contributed by atoms with E-state index < -0.39 is 0 Å². The summed E-state index contributed by atoms with van der Waals surface area (Å²) in [5, 5.41) is 2.88. The van der Waals surface area contributed by atoms with Crippen molar-refractivity contribution in [2.24, 2.45) is 4.99 Å². The van der Waals surface area contributed by atoms with Crippen molar-refractivity contribution in [2.45, 2.75) is 0 Å². The van der Waals surface area contributed by atoms with Crippen LogP contribution in [0.2, 0.25) is 0 Å². The zero-order chi connectivity index (χ0) is 11.2. The van der Waals surface area contributed by atoms with E-state index in [2.05, 4.69) is 46.3 Å². The van der Waals surface area contributed by atoms with Gasteiger partial charge < -0.3 is 0 Å². The van der Waals surface area contributed by atoms with Gasteiger partial charge in [-0.25, -0.2) is 0 Å². The van der Waals surface area contributed by atoms with Gasteiger partial charge in [0.25, 0.3) is 0 Å². The molecule has 0 spiro atoms. The van der Waals surface area contributed by atoms with Gasteiger partial charge in [-0.1, -0.05) is 0 Å². The molecule has 2 rings (SSSR count). The number of nitrogens with zero attached hydrogens (tertiary/aromatic N) is 5. The quantitative estimate of drug-likeness (QED) is 0.493. The molecular formula is C9H7N6Se. The first-order valence-electron chi connectivity index (χ1n) is 4.41. The van der Waals surface area contributed by atoms with Crippen LogP contribution >= 0.6 is 0 Å². The second-order valence-electron chi connectivity index (χ2n) is 2.66. The van der Waals surface area contributed by atoms with Gasteiger partial charge in [0.15, 0.2) is 0 Å². The average Bonchev–Trinajstić information content (AvgIpc) is 2.31. The third-order valence-corrected chi connectivity index (χ3v) is 1.94. The molecule has 2 heterocycles. The van der Waals surface area contributed by atoms with E-state index in [0.29, 0.717) is 16.6 Å². The van der Waals surface area contributed by atoms with Crippen LogP contribution in [0.3, 0.4) is 0 Å². The SMILES string of the molecule is [Se]/C(=N/c1ncccn1)Nc1ncccn1. The maximum absolute atomic E-state index is 4.10. The summed E-state index contributed by atoms with van der Waals surface area (Å²) in [5.41, 5.74) is 0. The number of hydrogen-bond donors (Lipinski definition) is 1. The third-order valence-electron chi connectivity index (χ3n) is 1.54. The molecular weight excluding hydrogens is 271 g/mol. The first-order chi connectivity index (χ1) is 7.84. The minimum absolute atomic E-state index is 0.375. The Morgan fingerprint density at radius 3 is 2.19 bits per heavy atom. The number of amidine groups is 1. The Morgan fingerprint density at radius 1 is 1.00 bits per heavy atom. The molecule has 7 heteroatoms. The van der Waals surface area contributed by atoms with E-state index in [0.717, 1.165) is 0 Å². The summed E-state index contributed by atoms with van der Waals surface area (Å²) in [7, 11) is 0. The molecule has 0 aliphatic heterocycles. The zero-order valence-electron chi connectivity index (χ0n) is 8.11. The van der Waals surface area contributed by atoms with E-state index >= 15 is 0 Å². The number of anilines is 1. The van der Waals surface area contributed by atoms with Crippen molar-refractivity contribution >= 4 is 32.6 Å². The fourth-order valence-electron chi connectivity index (χ4n) is 0.927. The predicted molar refractivity (Wildman–Crippen MR) is 60.5 cm³/mol. The van der Waals surface area contributed by atoms with Crippen molar-refractivity contribution in [3.05, 3.63) is 36.9 Å². The molecule has 0 saturated carbocycles. The summed E-state index contributed by atoms with van der Waals surface area (Å²) >= 11 is 2.75. The average molecular weight is 278 g/mol. The zero-order valence-corrected chi connectivity index (χ0v) is 9.82. The fraction of sp³-hybridized carbons (Fsp3) is 0. The Morgan fingerprint density at radius 2 is 1.56 bits per heavy atom. The van der Waals surface area contributed by atoms with Crippen molar-refractivity contribution in [1.29, 1.82) is 0 Å². The molecule has 0 amide bonds. The monoisotopic (exact) mass is 279 g/mol. The summed E-state index contributed by atoms with van der Waals surface area (Å²) < 4.78 is 0.511. The van der Waals surface area contributed by atoms with Gasteiger partial charge in [-0.15, -0.1) is 0 Å². The van der Waals surface area contributed by atoms with Crippen LogP contribution in [0, 0.1) is 0 Å². The topological polar surface area (TPSA) is 76.0 Å². The van der Waals surface area contributed by atoms with Crippen molar-refractivity contribution in [1.82, 2.24) is 19.9 Å². The maximum atomic E-state index is 4.10. The van der Waals surface area contributed by atoms with Crippen molar-refractivity contribution in [3.8, 4) is 0 Å². The number of rotatable bonds is 2. The van der Waals surface area contributed by atoms with Crippen LogP contribution in [-0.4, -0.2) is 40.7 Å². The van der Waals surface area contributed by atoms with E-state index in [1.807, 2.05) is 0 Å². The molecule has 1 radical (unpaired) electrons. The number of nitrogens with one attached hydrogen (secondary N) is 1. The van der Waals surface area contributed by atoms with E-state index in [1.54, 1.807) is 36.9 Å². The molecule has 0 aliphatic rings. The van der Waals surface area contributed by atoms with Crippen LogP contribution in [0.1, 0.15) is 0 Å². The molecule has 0 bridgehead atoms. The summed E-state index contributed by atoms with van der Waals surface area (Å²) in [4.78, 5) is 20.0. The molecule has 0 unspecified atom stereocenters. The summed E-state index contributed by atoms with van der Waals surface area (Å²) in [6.07, 6.45) is 6.53. The molecule has 0 fully saturated rings. The van der Waals surface area contributed by atoms with E-state index in [4.69, 9.17) is 0 Å². The van der Waals surface area contributed by atoms with Crippen LogP contribution in [0.5, 0.6) is 0 Å². The van der Waals surface area contributed by atoms with Crippen LogP contribution in [0.25, 0.3) is 0 Å². The molecule has 79 valence electrons. The van der Waals surface area contributed by atoms with Crippen LogP contribution < -0.4 is 5.32 Å². The van der Waals surface area contributed by atoms with Gasteiger partial charge >= 0.3 is 99.8 Å². The normalized spacial score (nSPS) is 11.1. The number of hydrogen-bond acceptors (Lipinski definition) is 5. The molecule has 0 aromatic carbocycles. The number of aliphatic imine (C=N–C) groups is 1. The molecule has 1 N–H and O–H groups in total. The van der Waals surface area contributed by atoms with Gasteiger partial charge in [-0.3, -0.25) is 0 Å². The third kappa shape index (κ3) is 3.08. The molecule has 2 aromatic rings. The van der Waals surface area contributed by atoms with Crippen molar-refractivity contribution in [3.63, 3.8) is 0 Å². The molecule has 2 aromatic heterocycles. The molecule has 0 saturated heterocycles. The van der Waals surface area contributed by atoms with E-state index in [1.165, 1.54) is 0 Å². The van der Waals surface area contributed by atoms with Gasteiger partial charge in [0.2, 0.25) is 0 Å². The Labute approximate surface area is 100 Å². The van der Waals surface area contributed by atoms with Crippen LogP contribution in [0.4, 0.5) is 11.9 Å². The van der Waals surface area contributed by atoms with Crippen molar-refractivity contribution in [2.75, 3.05) is 5.32 Å². The Kier molecular flexibility index (Phi) is 3.53. The van der Waals surface area contributed by atoms with Gasteiger partial charge in [0, 0.05) is 0 Å². The van der Waals surface area contributed by atoms with Crippen LogP contribution in [-0.2, 0) is 0 Å². The summed E-state index contributed by atoms with van der Waals surface area (Å²) in [5.74, 6) is 0.843. The minimum atomic E-state index is 0.375. The van der Waals surface area contributed by atoms with Gasteiger partial charge in [0.05, 0.1) is 0 Å². The molecule has 6 nitrogen and oxygen atoms in total.